The molecule has 0 aliphatic carbocycles. The summed E-state index contributed by atoms with van der Waals surface area (Å²) in [4.78, 5) is 14.4. The van der Waals surface area contributed by atoms with E-state index in [2.05, 4.69) is 15.4 Å². The number of non-ortho nitro benzene ring substituents is 1. The van der Waals surface area contributed by atoms with E-state index in [-0.39, 0.29) is 5.69 Å². The van der Waals surface area contributed by atoms with E-state index >= 15 is 0 Å². The summed E-state index contributed by atoms with van der Waals surface area (Å²) < 4.78 is 1.86. The molecule has 1 fully saturated rings. The highest BCUT2D eigenvalue weighted by Crippen LogP contribution is 2.20. The van der Waals surface area contributed by atoms with Crippen LogP contribution in [0.2, 0.25) is 0 Å². The molecule has 1 aliphatic heterocycles. The first kappa shape index (κ1) is 11.8. The number of nitrogens with one attached hydrogen (secondary N) is 1. The lowest BCUT2D eigenvalue weighted by Gasteiger charge is -2.06. The van der Waals surface area contributed by atoms with Gasteiger partial charge in [0.05, 0.1) is 11.0 Å². The topological polar surface area (TPSA) is 85.9 Å². The molecule has 1 atom stereocenters. The van der Waals surface area contributed by atoms with Gasteiger partial charge in [-0.05, 0) is 25.1 Å². The molecule has 2 heterocycles. The van der Waals surface area contributed by atoms with Crippen LogP contribution in [0.3, 0.4) is 0 Å². The van der Waals surface area contributed by atoms with Gasteiger partial charge in [-0.3, -0.25) is 10.1 Å². The third-order valence-corrected chi connectivity index (χ3v) is 3.25. The van der Waals surface area contributed by atoms with Crippen LogP contribution in [-0.2, 0) is 0 Å². The molecule has 1 unspecified atom stereocenters. The van der Waals surface area contributed by atoms with Gasteiger partial charge in [0.1, 0.15) is 6.33 Å². The quantitative estimate of drug-likeness (QED) is 0.665. The summed E-state index contributed by atoms with van der Waals surface area (Å²) in [5.41, 5.74) is 0.860. The van der Waals surface area contributed by atoms with Crippen molar-refractivity contribution in [3.8, 4) is 11.4 Å². The zero-order chi connectivity index (χ0) is 13.2. The SMILES string of the molecule is O=[N+]([O-])c1ccc(-c2ncn(C3CCNC3)n2)cc1. The van der Waals surface area contributed by atoms with Crippen molar-refractivity contribution in [2.45, 2.75) is 12.5 Å². The van der Waals surface area contributed by atoms with Gasteiger partial charge in [0.2, 0.25) is 0 Å². The number of hydrogen-bond donors (Lipinski definition) is 1. The van der Waals surface area contributed by atoms with Gasteiger partial charge < -0.3 is 5.32 Å². The molecule has 1 N–H and O–H groups in total. The van der Waals surface area contributed by atoms with E-state index in [0.29, 0.717) is 11.9 Å². The average Bonchev–Trinajstić information content (AvgIpc) is 3.10. The average molecular weight is 259 g/mol. The molecule has 0 bridgehead atoms. The van der Waals surface area contributed by atoms with E-state index in [1.807, 2.05) is 4.68 Å². The van der Waals surface area contributed by atoms with E-state index in [1.54, 1.807) is 18.5 Å². The molecule has 1 aliphatic rings. The molecular weight excluding hydrogens is 246 g/mol. The second-order valence-corrected chi connectivity index (χ2v) is 4.50. The third kappa shape index (κ3) is 2.32. The molecule has 1 aromatic heterocycles. The largest absolute Gasteiger partial charge is 0.315 e. The maximum absolute atomic E-state index is 10.6. The second kappa shape index (κ2) is 4.77. The highest BCUT2D eigenvalue weighted by molar-refractivity contribution is 5.56. The summed E-state index contributed by atoms with van der Waals surface area (Å²) in [6.07, 6.45) is 2.76. The van der Waals surface area contributed by atoms with E-state index < -0.39 is 4.92 Å². The van der Waals surface area contributed by atoms with Gasteiger partial charge in [-0.15, -0.1) is 0 Å². The summed E-state index contributed by atoms with van der Waals surface area (Å²) in [6.45, 7) is 1.90. The Balaban J connectivity index is 1.83. The van der Waals surface area contributed by atoms with Crippen LogP contribution < -0.4 is 5.32 Å². The van der Waals surface area contributed by atoms with Crippen molar-refractivity contribution in [2.24, 2.45) is 0 Å². The molecule has 98 valence electrons. The van der Waals surface area contributed by atoms with Crippen molar-refractivity contribution in [3.05, 3.63) is 40.7 Å². The number of nitrogens with zero attached hydrogens (tertiary/aromatic N) is 4. The van der Waals surface area contributed by atoms with Crippen molar-refractivity contribution < 1.29 is 4.92 Å². The van der Waals surface area contributed by atoms with Gasteiger partial charge in [0, 0.05) is 24.2 Å². The molecule has 3 rings (SSSR count). The first-order valence-electron chi connectivity index (χ1n) is 6.11. The van der Waals surface area contributed by atoms with Gasteiger partial charge in [0.15, 0.2) is 5.82 Å². The van der Waals surface area contributed by atoms with Crippen molar-refractivity contribution in [2.75, 3.05) is 13.1 Å². The molecule has 0 spiro atoms. The lowest BCUT2D eigenvalue weighted by molar-refractivity contribution is -0.384. The predicted octanol–water partition coefficient (Wildman–Crippen LogP) is 1.39. The fourth-order valence-electron chi connectivity index (χ4n) is 2.18. The van der Waals surface area contributed by atoms with Gasteiger partial charge in [-0.25, -0.2) is 9.67 Å². The molecule has 0 saturated carbocycles. The number of aromatic nitrogens is 3. The minimum absolute atomic E-state index is 0.0724. The third-order valence-electron chi connectivity index (χ3n) is 3.25. The summed E-state index contributed by atoms with van der Waals surface area (Å²) in [6, 6.07) is 6.62. The molecule has 19 heavy (non-hydrogen) atoms. The molecule has 2 aromatic rings. The number of benzene rings is 1. The molecule has 1 aromatic carbocycles. The Hall–Kier alpha value is -2.28. The number of hydrogen-bond acceptors (Lipinski definition) is 5. The maximum atomic E-state index is 10.6. The Bertz CT molecular complexity index is 586. The monoisotopic (exact) mass is 259 g/mol. The van der Waals surface area contributed by atoms with E-state index in [4.69, 9.17) is 0 Å². The smallest absolute Gasteiger partial charge is 0.269 e. The van der Waals surface area contributed by atoms with E-state index in [1.165, 1.54) is 12.1 Å². The standard InChI is InChI=1S/C12H13N5O2/c18-17(19)10-3-1-9(2-4-10)12-14-8-16(15-12)11-5-6-13-7-11/h1-4,8,11,13H,5-7H2. The van der Waals surface area contributed by atoms with Crippen LogP contribution in [0.5, 0.6) is 0 Å². The second-order valence-electron chi connectivity index (χ2n) is 4.50. The van der Waals surface area contributed by atoms with Gasteiger partial charge in [-0.2, -0.15) is 5.10 Å². The van der Waals surface area contributed by atoms with E-state index in [9.17, 15) is 10.1 Å². The predicted molar refractivity (Wildman–Crippen MR) is 68.6 cm³/mol. The Morgan fingerprint density at radius 3 is 2.79 bits per heavy atom. The van der Waals surface area contributed by atoms with Crippen molar-refractivity contribution in [1.29, 1.82) is 0 Å². The van der Waals surface area contributed by atoms with Gasteiger partial charge in [-0.1, -0.05) is 0 Å². The summed E-state index contributed by atoms with van der Waals surface area (Å²) >= 11 is 0. The van der Waals surface area contributed by atoms with Crippen LogP contribution in [0, 0.1) is 10.1 Å². The summed E-state index contributed by atoms with van der Waals surface area (Å²) in [5, 5.41) is 18.3. The molecule has 0 radical (unpaired) electrons. The van der Waals surface area contributed by atoms with Crippen molar-refractivity contribution in [3.63, 3.8) is 0 Å². The fourth-order valence-corrected chi connectivity index (χ4v) is 2.18. The van der Waals surface area contributed by atoms with Gasteiger partial charge >= 0.3 is 0 Å². The maximum Gasteiger partial charge on any atom is 0.269 e. The number of nitro groups is 1. The first-order valence-corrected chi connectivity index (χ1v) is 6.11. The Kier molecular flexibility index (Phi) is 2.96. The molecule has 1 saturated heterocycles. The molecule has 7 nitrogen and oxygen atoms in total. The van der Waals surface area contributed by atoms with Crippen LogP contribution >= 0.6 is 0 Å². The number of nitro benzene ring substituents is 1. The van der Waals surface area contributed by atoms with Crippen LogP contribution in [-0.4, -0.2) is 32.8 Å². The van der Waals surface area contributed by atoms with Crippen LogP contribution in [0.1, 0.15) is 12.5 Å². The first-order chi connectivity index (χ1) is 9.24. The lowest BCUT2D eigenvalue weighted by atomic mass is 10.2. The molecular formula is C12H13N5O2. The minimum atomic E-state index is -0.417. The highest BCUT2D eigenvalue weighted by atomic mass is 16.6. The molecule has 0 amide bonds. The van der Waals surface area contributed by atoms with Crippen molar-refractivity contribution >= 4 is 5.69 Å². The zero-order valence-corrected chi connectivity index (χ0v) is 10.2. The molecule has 7 heteroatoms. The van der Waals surface area contributed by atoms with E-state index in [0.717, 1.165) is 25.1 Å². The van der Waals surface area contributed by atoms with Crippen LogP contribution in [0.4, 0.5) is 5.69 Å². The fraction of sp³-hybridized carbons (Fsp3) is 0.333. The van der Waals surface area contributed by atoms with Gasteiger partial charge in [0.25, 0.3) is 5.69 Å². The summed E-state index contributed by atoms with van der Waals surface area (Å²) in [5.74, 6) is 0.599. The Labute approximate surface area is 109 Å². The Morgan fingerprint density at radius 1 is 1.37 bits per heavy atom. The Morgan fingerprint density at radius 2 is 2.16 bits per heavy atom. The normalized spacial score (nSPS) is 18.6. The van der Waals surface area contributed by atoms with Crippen LogP contribution in [0.25, 0.3) is 11.4 Å². The highest BCUT2D eigenvalue weighted by Gasteiger charge is 2.18. The van der Waals surface area contributed by atoms with Crippen LogP contribution in [0.15, 0.2) is 30.6 Å². The van der Waals surface area contributed by atoms with Crippen molar-refractivity contribution in [1.82, 2.24) is 20.1 Å². The minimum Gasteiger partial charge on any atom is -0.315 e. The number of rotatable bonds is 3. The summed E-state index contributed by atoms with van der Waals surface area (Å²) in [7, 11) is 0. The zero-order valence-electron chi connectivity index (χ0n) is 10.2. The lowest BCUT2D eigenvalue weighted by Crippen LogP contribution is -2.13.